The summed E-state index contributed by atoms with van der Waals surface area (Å²) in [5, 5.41) is 0.968. The predicted octanol–water partition coefficient (Wildman–Crippen LogP) is 1.02. The topological polar surface area (TPSA) is 77.4 Å². The Morgan fingerprint density at radius 2 is 1.78 bits per heavy atom. The van der Waals surface area contributed by atoms with Gasteiger partial charge in [0.05, 0.1) is 20.6 Å². The van der Waals surface area contributed by atoms with Crippen molar-refractivity contribution in [2.24, 2.45) is 10.9 Å². The van der Waals surface area contributed by atoms with E-state index in [1.165, 1.54) is 25.5 Å². The molecule has 0 spiro atoms. The summed E-state index contributed by atoms with van der Waals surface area (Å²) in [7, 11) is 5.73. The van der Waals surface area contributed by atoms with E-state index in [1.807, 2.05) is 0 Å². The lowest BCUT2D eigenvalue weighted by atomic mass is 9.90. The highest BCUT2D eigenvalue weighted by molar-refractivity contribution is 8.16. The lowest BCUT2D eigenvalue weighted by Gasteiger charge is -2.40. The van der Waals surface area contributed by atoms with Crippen LogP contribution in [0.4, 0.5) is 0 Å². The van der Waals surface area contributed by atoms with Gasteiger partial charge in [0, 0.05) is 30.7 Å². The number of esters is 2. The van der Waals surface area contributed by atoms with Crippen molar-refractivity contribution < 1.29 is 23.8 Å². The van der Waals surface area contributed by atoms with Crippen molar-refractivity contribution in [2.75, 3.05) is 44.9 Å². The third kappa shape index (κ3) is 4.98. The van der Waals surface area contributed by atoms with Crippen LogP contribution in [0.15, 0.2) is 4.99 Å². The zero-order valence-corrected chi connectivity index (χ0v) is 15.9. The lowest BCUT2D eigenvalue weighted by Crippen LogP contribution is -2.56. The van der Waals surface area contributed by atoms with Crippen LogP contribution >= 0.6 is 35.7 Å². The number of hydrogen-bond acceptors (Lipinski definition) is 9. The molecule has 23 heavy (non-hydrogen) atoms. The number of hydrogen-bond donors (Lipinski definition) is 0. The number of carbonyl (C=O) groups is 2. The normalized spacial score (nSPS) is 16.9. The molecule has 1 aliphatic rings. The van der Waals surface area contributed by atoms with E-state index in [0.717, 1.165) is 5.08 Å². The Hall–Kier alpha value is -1.00. The van der Waals surface area contributed by atoms with Gasteiger partial charge in [-0.15, -0.1) is 23.5 Å². The minimum absolute atomic E-state index is 0.122. The lowest BCUT2D eigenvalue weighted by molar-refractivity contribution is -0.167. The van der Waals surface area contributed by atoms with Crippen molar-refractivity contribution in [2.45, 2.75) is 5.60 Å². The van der Waals surface area contributed by atoms with Crippen molar-refractivity contribution in [3.63, 3.8) is 0 Å². The van der Waals surface area contributed by atoms with Gasteiger partial charge in [-0.05, 0) is 12.2 Å². The van der Waals surface area contributed by atoms with Crippen molar-refractivity contribution in [1.29, 1.82) is 0 Å². The molecule has 1 heterocycles. The van der Waals surface area contributed by atoms with E-state index >= 15 is 0 Å². The second kappa shape index (κ2) is 9.33. The Kier molecular flexibility index (Phi) is 8.13. The molecule has 0 amide bonds. The summed E-state index contributed by atoms with van der Waals surface area (Å²) in [6.07, 6.45) is 1.49. The van der Waals surface area contributed by atoms with E-state index < -0.39 is 23.5 Å². The molecule has 0 aliphatic carbocycles. The fraction of sp³-hybridized carbons (Fsp3) is 0.692. The van der Waals surface area contributed by atoms with Gasteiger partial charge in [-0.2, -0.15) is 0 Å². The summed E-state index contributed by atoms with van der Waals surface area (Å²) in [6.45, 7) is 0. The Labute approximate surface area is 149 Å². The molecule has 0 aromatic rings. The summed E-state index contributed by atoms with van der Waals surface area (Å²) >= 11 is 8.38. The van der Waals surface area contributed by atoms with Crippen molar-refractivity contribution >= 4 is 59.2 Å². The number of nitrogens with zero attached hydrogens (tertiary/aromatic N) is 2. The minimum atomic E-state index is -1.21. The van der Waals surface area contributed by atoms with Crippen LogP contribution in [-0.2, 0) is 23.8 Å². The molecule has 1 aliphatic heterocycles. The summed E-state index contributed by atoms with van der Waals surface area (Å²) in [5.74, 6) is -1.76. The zero-order valence-electron chi connectivity index (χ0n) is 13.4. The molecular weight excluding hydrogens is 360 g/mol. The number of thiocarbonyl (C=S) groups is 1. The second-order valence-corrected chi connectivity index (χ2v) is 7.40. The first-order valence-corrected chi connectivity index (χ1v) is 9.33. The molecule has 1 rings (SSSR count). The molecule has 0 bridgehead atoms. The fourth-order valence-electron chi connectivity index (χ4n) is 2.04. The van der Waals surface area contributed by atoms with Crippen molar-refractivity contribution in [1.82, 2.24) is 4.90 Å². The summed E-state index contributed by atoms with van der Waals surface area (Å²) in [6, 6.07) is 0. The van der Waals surface area contributed by atoms with Gasteiger partial charge in [0.1, 0.15) is 0 Å². The van der Waals surface area contributed by atoms with Crippen LogP contribution in [0.5, 0.6) is 0 Å². The van der Waals surface area contributed by atoms with Gasteiger partial charge in [0.15, 0.2) is 11.5 Å². The van der Waals surface area contributed by atoms with Crippen molar-refractivity contribution in [3.05, 3.63) is 0 Å². The Balaban J connectivity index is 3.15. The largest absolute Gasteiger partial charge is 0.468 e. The van der Waals surface area contributed by atoms with Gasteiger partial charge in [-0.25, -0.2) is 0 Å². The number of carbonyl (C=O) groups excluding carboxylic acids is 2. The Bertz CT molecular complexity index is 464. The first kappa shape index (κ1) is 20.0. The SMILES string of the molecule is CN=CN(C)C(=S)OC1(C(C(=O)OC)C(=O)OC)CSCSC1. The van der Waals surface area contributed by atoms with Gasteiger partial charge in [-0.3, -0.25) is 19.5 Å². The van der Waals surface area contributed by atoms with Gasteiger partial charge in [-0.1, -0.05) is 0 Å². The number of aliphatic imine (C=N–C) groups is 1. The first-order valence-electron chi connectivity index (χ1n) is 6.61. The maximum absolute atomic E-state index is 12.2. The van der Waals surface area contributed by atoms with Crippen LogP contribution in [0.25, 0.3) is 0 Å². The molecule has 0 unspecified atom stereocenters. The van der Waals surface area contributed by atoms with E-state index in [4.69, 9.17) is 26.4 Å². The maximum Gasteiger partial charge on any atom is 0.324 e. The van der Waals surface area contributed by atoms with Crippen LogP contribution in [-0.4, -0.2) is 78.9 Å². The van der Waals surface area contributed by atoms with Gasteiger partial charge in [0.25, 0.3) is 5.17 Å². The monoisotopic (exact) mass is 380 g/mol. The average molecular weight is 381 g/mol. The van der Waals surface area contributed by atoms with Crippen LogP contribution in [0.3, 0.4) is 0 Å². The van der Waals surface area contributed by atoms with Crippen LogP contribution < -0.4 is 0 Å². The third-order valence-corrected chi connectivity index (χ3v) is 6.22. The number of ether oxygens (including phenoxy) is 3. The molecule has 0 N–H and O–H groups in total. The van der Waals surface area contributed by atoms with Crippen molar-refractivity contribution in [3.8, 4) is 0 Å². The van der Waals surface area contributed by atoms with E-state index in [1.54, 1.807) is 37.6 Å². The van der Waals surface area contributed by atoms with E-state index in [9.17, 15) is 9.59 Å². The molecular formula is C13H20N2O5S3. The second-order valence-electron chi connectivity index (χ2n) is 4.71. The third-order valence-electron chi connectivity index (χ3n) is 3.13. The fourth-order valence-corrected chi connectivity index (χ4v) is 4.87. The number of rotatable bonds is 5. The summed E-state index contributed by atoms with van der Waals surface area (Å²) in [5.41, 5.74) is -1.12. The van der Waals surface area contributed by atoms with E-state index in [0.29, 0.717) is 11.5 Å². The molecule has 0 aromatic heterocycles. The number of methoxy groups -OCH3 is 2. The standard InChI is InChI=1S/C13H20N2O5S3/c1-14-7-15(2)12(21)20-13(5-22-8-23-6-13)9(10(16)18-3)11(17)19-4/h7,9H,5-6,8H2,1-4H3. The summed E-state index contributed by atoms with van der Waals surface area (Å²) in [4.78, 5) is 29.7. The average Bonchev–Trinajstić information content (AvgIpc) is 2.55. The molecule has 0 atom stereocenters. The van der Waals surface area contributed by atoms with E-state index in [-0.39, 0.29) is 5.17 Å². The quantitative estimate of drug-likeness (QED) is 0.228. The highest BCUT2D eigenvalue weighted by Gasteiger charge is 2.53. The van der Waals surface area contributed by atoms with Gasteiger partial charge < -0.3 is 14.2 Å². The molecule has 7 nitrogen and oxygen atoms in total. The van der Waals surface area contributed by atoms with Crippen LogP contribution in [0, 0.1) is 5.92 Å². The first-order chi connectivity index (χ1) is 10.9. The minimum Gasteiger partial charge on any atom is -0.468 e. The highest BCUT2D eigenvalue weighted by Crippen LogP contribution is 2.38. The molecule has 130 valence electrons. The van der Waals surface area contributed by atoms with Crippen LogP contribution in [0.2, 0.25) is 0 Å². The number of thioether (sulfide) groups is 2. The Morgan fingerprint density at radius 3 is 2.22 bits per heavy atom. The molecule has 0 saturated carbocycles. The summed E-state index contributed by atoms with van der Waals surface area (Å²) < 4.78 is 15.5. The Morgan fingerprint density at radius 1 is 1.26 bits per heavy atom. The van der Waals surface area contributed by atoms with E-state index in [2.05, 4.69) is 4.99 Å². The zero-order chi connectivity index (χ0) is 17.5. The molecule has 1 fully saturated rings. The molecule has 10 heteroatoms. The smallest absolute Gasteiger partial charge is 0.324 e. The predicted molar refractivity (Wildman–Crippen MR) is 95.9 cm³/mol. The van der Waals surface area contributed by atoms with Gasteiger partial charge >= 0.3 is 11.9 Å². The van der Waals surface area contributed by atoms with Gasteiger partial charge in [0.2, 0.25) is 0 Å². The highest BCUT2D eigenvalue weighted by atomic mass is 32.2. The molecule has 0 aromatic carbocycles. The van der Waals surface area contributed by atoms with Crippen LogP contribution in [0.1, 0.15) is 0 Å². The molecule has 0 radical (unpaired) electrons. The molecule has 1 saturated heterocycles. The maximum atomic E-state index is 12.2.